The van der Waals surface area contributed by atoms with E-state index >= 15 is 0 Å². The van der Waals surface area contributed by atoms with Crippen LogP contribution in [0.5, 0.6) is 0 Å². The minimum atomic E-state index is -0.879. The van der Waals surface area contributed by atoms with Crippen molar-refractivity contribution in [1.82, 2.24) is 0 Å². The Morgan fingerprint density at radius 3 is 1.10 bits per heavy atom. The first-order chi connectivity index (χ1) is 8.61. The van der Waals surface area contributed by atoms with Gasteiger partial charge in [0.25, 0.3) is 0 Å². The molecule has 0 saturated carbocycles. The van der Waals surface area contributed by atoms with Crippen LogP contribution in [-0.4, -0.2) is 94.1 Å². The second-order valence-corrected chi connectivity index (χ2v) is 3.34. The second kappa shape index (κ2) is 12.5. The van der Waals surface area contributed by atoms with Crippen LogP contribution >= 0.6 is 0 Å². The van der Waals surface area contributed by atoms with Crippen molar-refractivity contribution >= 4 is 83.9 Å². The molecule has 0 radical (unpaired) electrons. The summed E-state index contributed by atoms with van der Waals surface area (Å²) in [5.74, 6) is -1.76. The van der Waals surface area contributed by atoms with Gasteiger partial charge in [-0.3, -0.25) is 0 Å². The minimum Gasteiger partial charge on any atom is -1.00 e. The third-order valence-electron chi connectivity index (χ3n) is 2.04. The van der Waals surface area contributed by atoms with Crippen LogP contribution in [-0.2, 0) is 0 Å². The number of carboxylic acid groups (broad SMARTS) is 2. The van der Waals surface area contributed by atoms with E-state index in [4.69, 9.17) is 10.2 Å². The molecule has 0 aromatic heterocycles. The zero-order chi connectivity index (χ0) is 13.4. The van der Waals surface area contributed by atoms with Crippen LogP contribution in [0.4, 0.5) is 0 Å². The topological polar surface area (TPSA) is 74.6 Å². The third-order valence-corrected chi connectivity index (χ3v) is 2.04. The van der Waals surface area contributed by atoms with Gasteiger partial charge in [-0.1, -0.05) is 36.4 Å². The van der Waals surface area contributed by atoms with Gasteiger partial charge in [0.05, 0.1) is 11.1 Å². The van der Waals surface area contributed by atoms with Crippen LogP contribution in [0.25, 0.3) is 0 Å². The van der Waals surface area contributed by atoms with Gasteiger partial charge in [-0.15, -0.1) is 0 Å². The maximum atomic E-state index is 10.2. The Morgan fingerprint density at radius 2 is 0.950 bits per heavy atom. The predicted molar refractivity (Wildman–Crippen MR) is 82.8 cm³/mol. The van der Waals surface area contributed by atoms with Gasteiger partial charge in [0.1, 0.15) is 0 Å². The minimum absolute atomic E-state index is 0. The Kier molecular flexibility index (Phi) is 13.7. The van der Waals surface area contributed by atoms with Crippen molar-refractivity contribution in [3.05, 3.63) is 71.8 Å². The molecule has 0 aliphatic heterocycles. The summed E-state index contributed by atoms with van der Waals surface area (Å²) >= 11 is 0. The fraction of sp³-hybridized carbons (Fsp3) is 0. The van der Waals surface area contributed by atoms with E-state index in [1.54, 1.807) is 60.7 Å². The van der Waals surface area contributed by atoms with Crippen molar-refractivity contribution in [3.63, 3.8) is 0 Å². The number of carbonyl (C=O) groups is 2. The summed E-state index contributed by atoms with van der Waals surface area (Å²) in [6, 6.07) is 16.6. The van der Waals surface area contributed by atoms with Gasteiger partial charge in [0.15, 0.2) is 0 Å². The van der Waals surface area contributed by atoms with Crippen molar-refractivity contribution in [2.75, 3.05) is 0 Å². The smallest absolute Gasteiger partial charge is 1.00 e. The van der Waals surface area contributed by atoms with Gasteiger partial charge in [-0.25, -0.2) is 9.59 Å². The molecule has 0 unspecified atom stereocenters. The van der Waals surface area contributed by atoms with E-state index in [0.717, 1.165) is 0 Å². The van der Waals surface area contributed by atoms with E-state index in [1.165, 1.54) is 0 Å². The first-order valence-electron chi connectivity index (χ1n) is 5.18. The molecule has 4 nitrogen and oxygen atoms in total. The van der Waals surface area contributed by atoms with Gasteiger partial charge in [-0.2, -0.15) is 0 Å². The van der Waals surface area contributed by atoms with E-state index in [-0.39, 0.29) is 77.6 Å². The Morgan fingerprint density at radius 1 is 0.700 bits per heavy atom. The molecule has 0 atom stereocenters. The average Bonchev–Trinajstić information content (AvgIpc) is 2.41. The zero-order valence-corrected chi connectivity index (χ0v) is 16.8. The summed E-state index contributed by atoms with van der Waals surface area (Å²) in [5, 5.41) is 16.8. The molecular formula is C14H16BaMgO4. The van der Waals surface area contributed by atoms with Crippen LogP contribution in [0.1, 0.15) is 26.4 Å². The molecule has 0 aliphatic carbocycles. The van der Waals surface area contributed by atoms with Crippen LogP contribution in [0.3, 0.4) is 0 Å². The molecule has 0 aliphatic rings. The molecule has 0 spiro atoms. The molecule has 0 bridgehead atoms. The fourth-order valence-electron chi connectivity index (χ4n) is 1.16. The molecule has 0 fully saturated rings. The summed E-state index contributed by atoms with van der Waals surface area (Å²) in [7, 11) is 0. The molecule has 2 N–H and O–H groups in total. The van der Waals surface area contributed by atoms with Gasteiger partial charge in [0, 0.05) is 0 Å². The molecular weight excluding hydrogens is 394 g/mol. The molecule has 2 rings (SSSR count). The van der Waals surface area contributed by atoms with E-state index in [2.05, 4.69) is 0 Å². The van der Waals surface area contributed by atoms with Crippen LogP contribution in [0.2, 0.25) is 0 Å². The molecule has 0 amide bonds. The first-order valence-corrected chi connectivity index (χ1v) is 5.18. The molecule has 100 valence electrons. The number of benzene rings is 2. The third kappa shape index (κ3) is 8.80. The van der Waals surface area contributed by atoms with Crippen LogP contribution < -0.4 is 0 Å². The summed E-state index contributed by atoms with van der Waals surface area (Å²) in [4.78, 5) is 20.4. The number of rotatable bonds is 2. The van der Waals surface area contributed by atoms with E-state index in [9.17, 15) is 9.59 Å². The van der Waals surface area contributed by atoms with Crippen LogP contribution in [0.15, 0.2) is 60.7 Å². The van der Waals surface area contributed by atoms with Crippen molar-refractivity contribution in [2.45, 2.75) is 0 Å². The Labute approximate surface area is 179 Å². The maximum absolute atomic E-state index is 10.2. The number of carboxylic acids is 2. The summed E-state index contributed by atoms with van der Waals surface area (Å²) in [5.41, 5.74) is 0.662. The van der Waals surface area contributed by atoms with Crippen molar-refractivity contribution in [3.8, 4) is 0 Å². The van der Waals surface area contributed by atoms with E-state index in [0.29, 0.717) is 11.1 Å². The number of hydrogen-bond acceptors (Lipinski definition) is 2. The molecule has 6 heteroatoms. The average molecular weight is 410 g/mol. The fourth-order valence-corrected chi connectivity index (χ4v) is 1.16. The predicted octanol–water partition coefficient (Wildman–Crippen LogP) is 2.46. The quantitative estimate of drug-likeness (QED) is 0.747. The normalized spacial score (nSPS) is 8.00. The number of aromatic carboxylic acids is 2. The molecule has 2 aromatic carbocycles. The summed E-state index contributed by atoms with van der Waals surface area (Å²) < 4.78 is 0. The van der Waals surface area contributed by atoms with Crippen molar-refractivity contribution in [1.29, 1.82) is 0 Å². The molecule has 2 aromatic rings. The standard InChI is InChI=1S/2C7H6O2.Ba.Mg.4H/c2*8-7(9)6-4-2-1-3-5-6;;;;;;/h2*1-5H,(H,8,9);;;;;;/q;;2*+2;4*-1. The molecule has 0 saturated heterocycles. The Hall–Kier alpha value is -0.282. The van der Waals surface area contributed by atoms with Gasteiger partial charge < -0.3 is 15.9 Å². The summed E-state index contributed by atoms with van der Waals surface area (Å²) in [6.45, 7) is 0. The Balaban J connectivity index is -0.0000000540. The SMILES string of the molecule is O=C(O)c1ccccc1.O=C(O)c1ccccc1.[Ba+2].[H-].[H-].[H-].[H-].[Mg+2]. The maximum Gasteiger partial charge on any atom is 2.00 e. The first kappa shape index (κ1) is 22.0. The van der Waals surface area contributed by atoms with E-state index < -0.39 is 11.9 Å². The van der Waals surface area contributed by atoms with Gasteiger partial charge >= 0.3 is 83.9 Å². The number of hydrogen-bond donors (Lipinski definition) is 2. The summed E-state index contributed by atoms with van der Waals surface area (Å²) in [6.07, 6.45) is 0. The van der Waals surface area contributed by atoms with Gasteiger partial charge in [0.2, 0.25) is 0 Å². The van der Waals surface area contributed by atoms with Crippen LogP contribution in [0, 0.1) is 0 Å². The van der Waals surface area contributed by atoms with Crippen molar-refractivity contribution < 1.29 is 25.5 Å². The molecule has 20 heavy (non-hydrogen) atoms. The largest absolute Gasteiger partial charge is 2.00 e. The van der Waals surface area contributed by atoms with E-state index in [1.807, 2.05) is 0 Å². The van der Waals surface area contributed by atoms with Crippen molar-refractivity contribution in [2.24, 2.45) is 0 Å². The second-order valence-electron chi connectivity index (χ2n) is 3.34. The molecule has 0 heterocycles. The monoisotopic (exact) mass is 410 g/mol. The van der Waals surface area contributed by atoms with Gasteiger partial charge in [-0.05, 0) is 24.3 Å². The zero-order valence-electron chi connectivity index (χ0n) is 14.9. The Bertz CT molecular complexity index is 483.